The Morgan fingerprint density at radius 1 is 1.44 bits per heavy atom. The van der Waals surface area contributed by atoms with E-state index in [-0.39, 0.29) is 30.4 Å². The van der Waals surface area contributed by atoms with Gasteiger partial charge in [-0.05, 0) is 19.8 Å². The van der Waals surface area contributed by atoms with Crippen LogP contribution in [-0.2, 0) is 14.3 Å². The Balaban J connectivity index is 2.34. The van der Waals surface area contributed by atoms with Crippen molar-refractivity contribution in [2.75, 3.05) is 13.2 Å². The third kappa shape index (κ3) is 4.23. The van der Waals surface area contributed by atoms with Crippen molar-refractivity contribution in [3.05, 3.63) is 0 Å². The quantitative estimate of drug-likeness (QED) is 0.770. The van der Waals surface area contributed by atoms with Crippen LogP contribution < -0.4 is 5.32 Å². The molecule has 3 atom stereocenters. The lowest BCUT2D eigenvalue weighted by molar-refractivity contribution is -0.151. The van der Waals surface area contributed by atoms with Crippen molar-refractivity contribution in [3.63, 3.8) is 0 Å². The number of hydrogen-bond donors (Lipinski definition) is 2. The van der Waals surface area contributed by atoms with Crippen molar-refractivity contribution in [2.24, 2.45) is 11.8 Å². The van der Waals surface area contributed by atoms with Gasteiger partial charge in [0.1, 0.15) is 6.10 Å². The lowest BCUT2D eigenvalue weighted by atomic mass is 9.97. The van der Waals surface area contributed by atoms with Crippen molar-refractivity contribution in [3.8, 4) is 0 Å². The predicted octanol–water partition coefficient (Wildman–Crippen LogP) is 0.907. The maximum atomic E-state index is 11.7. The van der Waals surface area contributed by atoms with Gasteiger partial charge in [-0.1, -0.05) is 20.8 Å². The van der Waals surface area contributed by atoms with Crippen LogP contribution in [0.1, 0.15) is 34.6 Å². The zero-order chi connectivity index (χ0) is 13.9. The summed E-state index contributed by atoms with van der Waals surface area (Å²) in [7, 11) is 0. The average molecular weight is 259 g/mol. The maximum Gasteiger partial charge on any atom is 0.223 e. The summed E-state index contributed by atoms with van der Waals surface area (Å²) in [4.78, 5) is 11.7. The fourth-order valence-electron chi connectivity index (χ4n) is 1.71. The topological polar surface area (TPSA) is 67.8 Å². The van der Waals surface area contributed by atoms with Crippen molar-refractivity contribution >= 4 is 5.91 Å². The van der Waals surface area contributed by atoms with E-state index in [1.165, 1.54) is 0 Å². The fraction of sp³-hybridized carbons (Fsp3) is 0.923. The molecule has 1 amide bonds. The molecule has 0 radical (unpaired) electrons. The highest BCUT2D eigenvalue weighted by molar-refractivity contribution is 5.78. The first-order valence-electron chi connectivity index (χ1n) is 6.50. The van der Waals surface area contributed by atoms with Gasteiger partial charge in [-0.2, -0.15) is 0 Å². The summed E-state index contributed by atoms with van der Waals surface area (Å²) in [5.74, 6) is -0.468. The molecular formula is C13H25NO4. The molecule has 106 valence electrons. The number of aliphatic hydroxyl groups excluding tert-OH is 1. The second kappa shape index (κ2) is 5.99. The van der Waals surface area contributed by atoms with Crippen LogP contribution in [0.25, 0.3) is 0 Å². The van der Waals surface area contributed by atoms with E-state index < -0.39 is 11.9 Å². The van der Waals surface area contributed by atoms with E-state index >= 15 is 0 Å². The zero-order valence-corrected chi connectivity index (χ0v) is 11.9. The van der Waals surface area contributed by atoms with Crippen molar-refractivity contribution in [1.82, 2.24) is 5.32 Å². The molecule has 1 heterocycles. The number of rotatable bonds is 5. The molecule has 5 heteroatoms. The molecule has 1 rings (SSSR count). The Morgan fingerprint density at radius 2 is 2.06 bits per heavy atom. The summed E-state index contributed by atoms with van der Waals surface area (Å²) in [6.45, 7) is 10.0. The van der Waals surface area contributed by atoms with Gasteiger partial charge >= 0.3 is 0 Å². The standard InChI is InChI=1S/C13H25NO4/c1-8(2)9(3)12(16)14-6-10(15)11-7-17-13(4,5)18-11/h8-11,15H,6-7H2,1-5H3,(H,14,16). The van der Waals surface area contributed by atoms with Crippen LogP contribution in [0, 0.1) is 11.8 Å². The van der Waals surface area contributed by atoms with E-state index in [0.717, 1.165) is 0 Å². The van der Waals surface area contributed by atoms with Gasteiger partial charge in [-0.25, -0.2) is 0 Å². The molecule has 0 aromatic carbocycles. The van der Waals surface area contributed by atoms with Gasteiger partial charge < -0.3 is 19.9 Å². The first-order chi connectivity index (χ1) is 8.23. The third-order valence-electron chi connectivity index (χ3n) is 3.36. The predicted molar refractivity (Wildman–Crippen MR) is 67.9 cm³/mol. The Bertz CT molecular complexity index is 291. The van der Waals surface area contributed by atoms with Gasteiger partial charge in [-0.3, -0.25) is 4.79 Å². The van der Waals surface area contributed by atoms with E-state index in [4.69, 9.17) is 9.47 Å². The molecule has 0 spiro atoms. The summed E-state index contributed by atoms with van der Waals surface area (Å²) < 4.78 is 10.9. The molecule has 5 nitrogen and oxygen atoms in total. The summed E-state index contributed by atoms with van der Waals surface area (Å²) in [6, 6.07) is 0. The molecule has 18 heavy (non-hydrogen) atoms. The largest absolute Gasteiger partial charge is 0.388 e. The van der Waals surface area contributed by atoms with E-state index in [1.54, 1.807) is 13.8 Å². The fourth-order valence-corrected chi connectivity index (χ4v) is 1.71. The minimum atomic E-state index is -0.741. The first-order valence-corrected chi connectivity index (χ1v) is 6.50. The molecule has 0 aromatic rings. The first kappa shape index (κ1) is 15.4. The van der Waals surface area contributed by atoms with Gasteiger partial charge in [-0.15, -0.1) is 0 Å². The second-order valence-electron chi connectivity index (χ2n) is 5.71. The van der Waals surface area contributed by atoms with Crippen LogP contribution in [0.3, 0.4) is 0 Å². The highest BCUT2D eigenvalue weighted by Crippen LogP contribution is 2.24. The zero-order valence-electron chi connectivity index (χ0n) is 11.9. The molecule has 3 unspecified atom stereocenters. The summed E-state index contributed by atoms with van der Waals surface area (Å²) in [5, 5.41) is 12.7. The van der Waals surface area contributed by atoms with Crippen LogP contribution in [0.5, 0.6) is 0 Å². The highest BCUT2D eigenvalue weighted by atomic mass is 16.7. The molecule has 0 saturated carbocycles. The molecule has 1 aliphatic heterocycles. The van der Waals surface area contributed by atoms with E-state index in [0.29, 0.717) is 6.61 Å². The average Bonchev–Trinajstić information content (AvgIpc) is 2.64. The summed E-state index contributed by atoms with van der Waals surface area (Å²) >= 11 is 0. The SMILES string of the molecule is CC(C)C(C)C(=O)NCC(O)C1COC(C)(C)O1. The monoisotopic (exact) mass is 259 g/mol. The van der Waals surface area contributed by atoms with Gasteiger partial charge in [0.15, 0.2) is 5.79 Å². The second-order valence-corrected chi connectivity index (χ2v) is 5.71. The van der Waals surface area contributed by atoms with Crippen LogP contribution in [-0.4, -0.2) is 42.2 Å². The Kier molecular flexibility index (Phi) is 5.13. The van der Waals surface area contributed by atoms with Crippen LogP contribution in [0.2, 0.25) is 0 Å². The van der Waals surface area contributed by atoms with E-state index in [1.807, 2.05) is 20.8 Å². The lowest BCUT2D eigenvalue weighted by Gasteiger charge is -2.22. The van der Waals surface area contributed by atoms with Gasteiger partial charge in [0.25, 0.3) is 0 Å². The lowest BCUT2D eigenvalue weighted by Crippen LogP contribution is -2.42. The number of aliphatic hydroxyl groups is 1. The third-order valence-corrected chi connectivity index (χ3v) is 3.36. The Labute approximate surface area is 109 Å². The molecule has 0 aliphatic carbocycles. The van der Waals surface area contributed by atoms with E-state index in [2.05, 4.69) is 5.32 Å². The number of nitrogens with one attached hydrogen (secondary N) is 1. The smallest absolute Gasteiger partial charge is 0.223 e. The van der Waals surface area contributed by atoms with Crippen LogP contribution in [0.15, 0.2) is 0 Å². The van der Waals surface area contributed by atoms with E-state index in [9.17, 15) is 9.90 Å². The number of carbonyl (C=O) groups excluding carboxylic acids is 1. The van der Waals surface area contributed by atoms with Gasteiger partial charge in [0, 0.05) is 12.5 Å². The Hall–Kier alpha value is -0.650. The molecule has 2 N–H and O–H groups in total. The number of hydrogen-bond acceptors (Lipinski definition) is 4. The van der Waals surface area contributed by atoms with Crippen LogP contribution in [0.4, 0.5) is 0 Å². The molecule has 0 bridgehead atoms. The van der Waals surface area contributed by atoms with Gasteiger partial charge in [0.2, 0.25) is 5.91 Å². The Morgan fingerprint density at radius 3 is 2.50 bits per heavy atom. The van der Waals surface area contributed by atoms with Gasteiger partial charge in [0.05, 0.1) is 12.7 Å². The minimum Gasteiger partial charge on any atom is -0.388 e. The highest BCUT2D eigenvalue weighted by Gasteiger charge is 2.36. The molecule has 1 fully saturated rings. The number of amides is 1. The minimum absolute atomic E-state index is 0.0396. The summed E-state index contributed by atoms with van der Waals surface area (Å²) in [5.41, 5.74) is 0. The molecule has 1 saturated heterocycles. The summed E-state index contributed by atoms with van der Waals surface area (Å²) in [6.07, 6.45) is -1.12. The molecular weight excluding hydrogens is 234 g/mol. The van der Waals surface area contributed by atoms with Crippen molar-refractivity contribution < 1.29 is 19.4 Å². The van der Waals surface area contributed by atoms with Crippen molar-refractivity contribution in [2.45, 2.75) is 52.6 Å². The molecule has 0 aromatic heterocycles. The normalized spacial score (nSPS) is 26.1. The number of ether oxygens (including phenoxy) is 2. The maximum absolute atomic E-state index is 11.7. The van der Waals surface area contributed by atoms with Crippen LogP contribution >= 0.6 is 0 Å². The van der Waals surface area contributed by atoms with Crippen molar-refractivity contribution in [1.29, 1.82) is 0 Å². The molecule has 1 aliphatic rings. The number of carbonyl (C=O) groups is 1.